The summed E-state index contributed by atoms with van der Waals surface area (Å²) in [6.07, 6.45) is 2.66. The highest BCUT2D eigenvalue weighted by Gasteiger charge is 2.23. The second-order valence-corrected chi connectivity index (χ2v) is 6.75. The number of benzene rings is 1. The van der Waals surface area contributed by atoms with Crippen LogP contribution in [0.2, 0.25) is 0 Å². The molecule has 0 unspecified atom stereocenters. The topological polar surface area (TPSA) is 112 Å². The number of nitrogens with zero attached hydrogens (tertiary/aromatic N) is 5. The zero-order valence-electron chi connectivity index (χ0n) is 13.1. The zero-order chi connectivity index (χ0) is 18.7. The van der Waals surface area contributed by atoms with E-state index in [4.69, 9.17) is 0 Å². The van der Waals surface area contributed by atoms with Gasteiger partial charge in [0.05, 0.1) is 6.54 Å². The van der Waals surface area contributed by atoms with E-state index in [0.29, 0.717) is 5.82 Å². The molecule has 26 heavy (non-hydrogen) atoms. The minimum Gasteiger partial charge on any atom is -0.268 e. The molecule has 0 aliphatic heterocycles. The largest absolute Gasteiger partial charge is 0.268 e. The normalized spacial score (nSPS) is 11.6. The van der Waals surface area contributed by atoms with Crippen molar-refractivity contribution in [3.05, 3.63) is 65.0 Å². The molecule has 9 nitrogen and oxygen atoms in total. The van der Waals surface area contributed by atoms with Gasteiger partial charge in [0.25, 0.3) is 5.56 Å². The van der Waals surface area contributed by atoms with Gasteiger partial charge in [-0.05, 0) is 18.2 Å². The van der Waals surface area contributed by atoms with Gasteiger partial charge in [0.1, 0.15) is 24.3 Å². The van der Waals surface area contributed by atoms with Crippen molar-refractivity contribution >= 4 is 10.0 Å². The fraction of sp³-hybridized carbons (Fsp3) is 0.143. The van der Waals surface area contributed by atoms with E-state index in [1.54, 1.807) is 0 Å². The molecule has 2 heterocycles. The predicted octanol–water partition coefficient (Wildman–Crippen LogP) is 0.0807. The maximum Gasteiger partial charge on any atom is 0.266 e. The molecule has 0 saturated carbocycles. The fourth-order valence-electron chi connectivity index (χ4n) is 2.14. The van der Waals surface area contributed by atoms with Crippen molar-refractivity contribution < 1.29 is 17.2 Å². The summed E-state index contributed by atoms with van der Waals surface area (Å²) in [6, 6.07) is 5.39. The van der Waals surface area contributed by atoms with Gasteiger partial charge in [-0.3, -0.25) is 4.79 Å². The van der Waals surface area contributed by atoms with Crippen LogP contribution in [0.25, 0.3) is 5.82 Å². The quantitative estimate of drug-likeness (QED) is 0.646. The fourth-order valence-corrected chi connectivity index (χ4v) is 3.30. The number of nitrogens with one attached hydrogen (secondary N) is 1. The van der Waals surface area contributed by atoms with Crippen LogP contribution in [-0.4, -0.2) is 39.5 Å². The summed E-state index contributed by atoms with van der Waals surface area (Å²) < 4.78 is 55.8. The second-order valence-electron chi connectivity index (χ2n) is 5.04. The van der Waals surface area contributed by atoms with Crippen LogP contribution in [0.15, 0.2) is 52.7 Å². The highest BCUT2D eigenvalue weighted by molar-refractivity contribution is 7.89. The molecule has 3 rings (SSSR count). The van der Waals surface area contributed by atoms with Gasteiger partial charge < -0.3 is 0 Å². The van der Waals surface area contributed by atoms with Crippen molar-refractivity contribution in [2.75, 3.05) is 6.54 Å². The summed E-state index contributed by atoms with van der Waals surface area (Å²) >= 11 is 0. The van der Waals surface area contributed by atoms with Gasteiger partial charge in [-0.15, -0.1) is 5.10 Å². The molecule has 0 spiro atoms. The minimum absolute atomic E-state index is 0.156. The van der Waals surface area contributed by atoms with Gasteiger partial charge in [0.2, 0.25) is 10.0 Å². The van der Waals surface area contributed by atoms with Crippen LogP contribution in [0.1, 0.15) is 0 Å². The van der Waals surface area contributed by atoms with Crippen molar-refractivity contribution in [1.29, 1.82) is 0 Å². The Kier molecular flexibility index (Phi) is 4.86. The molecule has 0 saturated heterocycles. The van der Waals surface area contributed by atoms with E-state index < -0.39 is 32.1 Å². The molecule has 0 aliphatic carbocycles. The standard InChI is InChI=1S/C14H12F2N6O3S/c15-10-2-1-3-11(16)14(10)26(24,25)19-6-7-21-13(23)5-4-12(20-21)22-9-17-8-18-22/h1-5,8-9,19H,6-7H2. The van der Waals surface area contributed by atoms with Gasteiger partial charge in [0, 0.05) is 12.6 Å². The third-order valence-electron chi connectivity index (χ3n) is 3.31. The lowest BCUT2D eigenvalue weighted by atomic mass is 10.3. The third-order valence-corrected chi connectivity index (χ3v) is 4.82. The van der Waals surface area contributed by atoms with E-state index in [-0.39, 0.29) is 13.1 Å². The number of aromatic nitrogens is 5. The molecule has 2 aromatic heterocycles. The lowest BCUT2D eigenvalue weighted by molar-refractivity contribution is 0.507. The molecule has 0 fully saturated rings. The molecule has 12 heteroatoms. The number of halogens is 2. The Morgan fingerprint density at radius 1 is 1.12 bits per heavy atom. The average molecular weight is 382 g/mol. The molecule has 0 atom stereocenters. The maximum atomic E-state index is 13.6. The van der Waals surface area contributed by atoms with Crippen LogP contribution in [-0.2, 0) is 16.6 Å². The first-order valence-corrected chi connectivity index (χ1v) is 8.73. The Balaban J connectivity index is 1.76. The summed E-state index contributed by atoms with van der Waals surface area (Å²) in [5, 5.41) is 7.89. The van der Waals surface area contributed by atoms with Crippen LogP contribution >= 0.6 is 0 Å². The predicted molar refractivity (Wildman–Crippen MR) is 85.0 cm³/mol. The number of sulfonamides is 1. The lowest BCUT2D eigenvalue weighted by Gasteiger charge is -2.10. The Bertz CT molecular complexity index is 1060. The van der Waals surface area contributed by atoms with E-state index >= 15 is 0 Å². The zero-order valence-corrected chi connectivity index (χ0v) is 13.9. The van der Waals surface area contributed by atoms with Crippen LogP contribution in [0.4, 0.5) is 8.78 Å². The molecule has 0 amide bonds. The molecule has 136 valence electrons. The van der Waals surface area contributed by atoms with Crippen molar-refractivity contribution in [3.63, 3.8) is 0 Å². The molecule has 0 aliphatic rings. The summed E-state index contributed by atoms with van der Waals surface area (Å²) in [5.74, 6) is -2.12. The SMILES string of the molecule is O=c1ccc(-n2cncn2)nn1CCNS(=O)(=O)c1c(F)cccc1F. The summed E-state index contributed by atoms with van der Waals surface area (Å²) in [6.45, 7) is -0.458. The number of hydrogen-bond donors (Lipinski definition) is 1. The van der Waals surface area contributed by atoms with Gasteiger partial charge in [0.15, 0.2) is 10.7 Å². The Morgan fingerprint density at radius 2 is 1.85 bits per heavy atom. The van der Waals surface area contributed by atoms with Crippen molar-refractivity contribution in [1.82, 2.24) is 29.3 Å². The molecule has 1 N–H and O–H groups in total. The van der Waals surface area contributed by atoms with Gasteiger partial charge in [-0.1, -0.05) is 6.07 Å². The highest BCUT2D eigenvalue weighted by Crippen LogP contribution is 2.17. The smallest absolute Gasteiger partial charge is 0.266 e. The van der Waals surface area contributed by atoms with Crippen LogP contribution in [0.3, 0.4) is 0 Å². The molecule has 0 bridgehead atoms. The second kappa shape index (κ2) is 7.09. The first-order chi connectivity index (χ1) is 12.4. The highest BCUT2D eigenvalue weighted by atomic mass is 32.2. The van der Waals surface area contributed by atoms with Gasteiger partial charge in [-0.2, -0.15) is 5.10 Å². The number of hydrogen-bond acceptors (Lipinski definition) is 6. The van der Waals surface area contributed by atoms with Crippen LogP contribution < -0.4 is 10.3 Å². The Hall–Kier alpha value is -2.99. The van der Waals surface area contributed by atoms with Crippen molar-refractivity contribution in [2.24, 2.45) is 0 Å². The first-order valence-electron chi connectivity index (χ1n) is 7.25. The Labute approximate surface area is 146 Å². The third kappa shape index (κ3) is 3.65. The van der Waals surface area contributed by atoms with Crippen LogP contribution in [0, 0.1) is 11.6 Å². The molecule has 3 aromatic rings. The summed E-state index contributed by atoms with van der Waals surface area (Å²) in [5.41, 5.74) is -0.481. The lowest BCUT2D eigenvalue weighted by Crippen LogP contribution is -2.33. The van der Waals surface area contributed by atoms with E-state index in [2.05, 4.69) is 15.2 Å². The van der Waals surface area contributed by atoms with Crippen molar-refractivity contribution in [3.8, 4) is 5.82 Å². The maximum absolute atomic E-state index is 13.6. The van der Waals surface area contributed by atoms with E-state index in [1.165, 1.54) is 29.5 Å². The molecule has 0 radical (unpaired) electrons. The van der Waals surface area contributed by atoms with E-state index in [1.807, 2.05) is 4.72 Å². The minimum atomic E-state index is -4.43. The monoisotopic (exact) mass is 382 g/mol. The van der Waals surface area contributed by atoms with Crippen LogP contribution in [0.5, 0.6) is 0 Å². The van der Waals surface area contributed by atoms with Crippen molar-refractivity contribution in [2.45, 2.75) is 11.4 Å². The van der Waals surface area contributed by atoms with Gasteiger partial charge >= 0.3 is 0 Å². The van der Waals surface area contributed by atoms with Gasteiger partial charge in [-0.25, -0.2) is 36.3 Å². The summed E-state index contributed by atoms with van der Waals surface area (Å²) in [7, 11) is -4.43. The molecule has 1 aromatic carbocycles. The Morgan fingerprint density at radius 3 is 2.50 bits per heavy atom. The first kappa shape index (κ1) is 17.8. The summed E-state index contributed by atoms with van der Waals surface area (Å²) in [4.78, 5) is 14.5. The van der Waals surface area contributed by atoms with E-state index in [0.717, 1.165) is 22.9 Å². The molecular weight excluding hydrogens is 370 g/mol. The van der Waals surface area contributed by atoms with E-state index in [9.17, 15) is 22.0 Å². The average Bonchev–Trinajstić information content (AvgIpc) is 3.10. The molecular formula is C14H12F2N6O3S. The number of rotatable bonds is 6.